The van der Waals surface area contributed by atoms with Gasteiger partial charge in [0.2, 0.25) is 5.91 Å². The van der Waals surface area contributed by atoms with Crippen LogP contribution in [0.4, 0.5) is 0 Å². The third-order valence-electron chi connectivity index (χ3n) is 6.62. The van der Waals surface area contributed by atoms with Gasteiger partial charge in [-0.05, 0) is 50.0 Å². The Hall–Kier alpha value is -0.810. The summed E-state index contributed by atoms with van der Waals surface area (Å²) in [6.07, 6.45) is 8.77. The third kappa shape index (κ3) is 5.38. The highest BCUT2D eigenvalue weighted by atomic mass is 35.5. The van der Waals surface area contributed by atoms with E-state index in [0.29, 0.717) is 30.5 Å². The van der Waals surface area contributed by atoms with E-state index in [1.54, 1.807) is 0 Å². The Morgan fingerprint density at radius 3 is 2.30 bits per heavy atom. The van der Waals surface area contributed by atoms with Crippen LogP contribution in [0.1, 0.15) is 56.9 Å². The molecule has 2 heterocycles. The van der Waals surface area contributed by atoms with Crippen LogP contribution in [0.5, 0.6) is 0 Å². The summed E-state index contributed by atoms with van der Waals surface area (Å²) in [5.74, 6) is 0.623. The number of carbonyl (C=O) groups is 1. The van der Waals surface area contributed by atoms with Crippen molar-refractivity contribution in [1.82, 2.24) is 10.2 Å². The van der Waals surface area contributed by atoms with Gasteiger partial charge in [-0.15, -0.1) is 24.8 Å². The van der Waals surface area contributed by atoms with Crippen molar-refractivity contribution in [3.63, 3.8) is 0 Å². The molecule has 4 atom stereocenters. The van der Waals surface area contributed by atoms with E-state index < -0.39 is 0 Å². The second kappa shape index (κ2) is 10.1. The average molecular weight is 414 g/mol. The first-order valence-corrected chi connectivity index (χ1v) is 10.0. The number of nitrogens with one attached hydrogen (secondary N) is 1. The molecule has 2 unspecified atom stereocenters. The number of hydrogen-bond acceptors (Lipinski definition) is 3. The summed E-state index contributed by atoms with van der Waals surface area (Å²) < 4.78 is 0. The predicted octanol–water partition coefficient (Wildman–Crippen LogP) is 3.66. The summed E-state index contributed by atoms with van der Waals surface area (Å²) in [6, 6.07) is 12.6. The van der Waals surface area contributed by atoms with Crippen LogP contribution in [-0.2, 0) is 11.3 Å². The van der Waals surface area contributed by atoms with Crippen LogP contribution >= 0.6 is 24.8 Å². The van der Waals surface area contributed by atoms with E-state index in [2.05, 4.69) is 40.5 Å². The van der Waals surface area contributed by atoms with E-state index in [0.717, 1.165) is 32.2 Å². The summed E-state index contributed by atoms with van der Waals surface area (Å²) in [5, 5.41) is 3.33. The number of fused-ring (bicyclic) bond motifs is 2. The second-order valence-electron chi connectivity index (χ2n) is 8.34. The molecule has 3 aliphatic rings. The number of piperidine rings is 1. The van der Waals surface area contributed by atoms with Crippen molar-refractivity contribution < 1.29 is 4.79 Å². The Labute approximate surface area is 175 Å². The number of hydrogen-bond donors (Lipinski definition) is 2. The SMILES string of the molecule is Cl.Cl.N[C@@H]1CCC[C@H]1CC(=O)NC1CC2CCC(C1)N2Cc1ccccc1. The molecule has 152 valence electrons. The van der Waals surface area contributed by atoms with Crippen LogP contribution in [0.2, 0.25) is 0 Å². The van der Waals surface area contributed by atoms with E-state index in [4.69, 9.17) is 5.73 Å². The zero-order chi connectivity index (χ0) is 17.2. The molecule has 1 aromatic carbocycles. The smallest absolute Gasteiger partial charge is 0.220 e. The van der Waals surface area contributed by atoms with Gasteiger partial charge in [-0.1, -0.05) is 36.8 Å². The lowest BCUT2D eigenvalue weighted by molar-refractivity contribution is -0.123. The van der Waals surface area contributed by atoms with Crippen molar-refractivity contribution in [2.45, 2.75) is 82.1 Å². The first-order valence-electron chi connectivity index (χ1n) is 10.0. The summed E-state index contributed by atoms with van der Waals surface area (Å²) in [6.45, 7) is 1.05. The number of nitrogens with two attached hydrogens (primary N) is 1. The lowest BCUT2D eigenvalue weighted by Crippen LogP contribution is -2.50. The van der Waals surface area contributed by atoms with Crippen molar-refractivity contribution in [2.24, 2.45) is 11.7 Å². The fourth-order valence-electron chi connectivity index (χ4n) is 5.29. The minimum absolute atomic E-state index is 0. The van der Waals surface area contributed by atoms with Gasteiger partial charge in [-0.25, -0.2) is 0 Å². The van der Waals surface area contributed by atoms with E-state index in [-0.39, 0.29) is 36.8 Å². The number of halogens is 2. The minimum atomic E-state index is 0. The minimum Gasteiger partial charge on any atom is -0.353 e. The lowest BCUT2D eigenvalue weighted by atomic mass is 9.95. The van der Waals surface area contributed by atoms with Crippen LogP contribution in [0.3, 0.4) is 0 Å². The van der Waals surface area contributed by atoms with Gasteiger partial charge in [-0.2, -0.15) is 0 Å². The highest BCUT2D eigenvalue weighted by Gasteiger charge is 2.41. The monoisotopic (exact) mass is 413 g/mol. The Morgan fingerprint density at radius 2 is 1.70 bits per heavy atom. The van der Waals surface area contributed by atoms with Crippen molar-refractivity contribution in [3.05, 3.63) is 35.9 Å². The van der Waals surface area contributed by atoms with Crippen LogP contribution in [0, 0.1) is 5.92 Å². The van der Waals surface area contributed by atoms with Crippen molar-refractivity contribution >= 4 is 30.7 Å². The molecule has 4 nitrogen and oxygen atoms in total. The fraction of sp³-hybridized carbons (Fsp3) is 0.667. The van der Waals surface area contributed by atoms with E-state index in [1.807, 2.05) is 0 Å². The predicted molar refractivity (Wildman–Crippen MR) is 114 cm³/mol. The summed E-state index contributed by atoms with van der Waals surface area (Å²) in [5.41, 5.74) is 7.52. The molecule has 2 bridgehead atoms. The number of carbonyl (C=O) groups excluding carboxylic acids is 1. The molecule has 0 aromatic heterocycles. The fourth-order valence-corrected chi connectivity index (χ4v) is 5.29. The number of rotatable bonds is 5. The molecule has 1 aromatic rings. The number of amides is 1. The Balaban J connectivity index is 0.00000131. The van der Waals surface area contributed by atoms with Gasteiger partial charge in [0.1, 0.15) is 0 Å². The normalized spacial score (nSPS) is 32.4. The number of benzene rings is 1. The van der Waals surface area contributed by atoms with Gasteiger partial charge in [-0.3, -0.25) is 9.69 Å². The molecule has 3 fully saturated rings. The maximum Gasteiger partial charge on any atom is 0.220 e. The third-order valence-corrected chi connectivity index (χ3v) is 6.62. The molecular formula is C21H33Cl2N3O. The average Bonchev–Trinajstić information content (AvgIpc) is 3.09. The topological polar surface area (TPSA) is 58.4 Å². The summed E-state index contributed by atoms with van der Waals surface area (Å²) >= 11 is 0. The first-order chi connectivity index (χ1) is 12.2. The largest absolute Gasteiger partial charge is 0.353 e. The van der Waals surface area contributed by atoms with Gasteiger partial charge in [0.05, 0.1) is 0 Å². The summed E-state index contributed by atoms with van der Waals surface area (Å²) in [4.78, 5) is 15.1. The second-order valence-corrected chi connectivity index (χ2v) is 8.34. The van der Waals surface area contributed by atoms with Crippen molar-refractivity contribution in [2.75, 3.05) is 0 Å². The molecule has 0 radical (unpaired) electrons. The molecule has 2 saturated heterocycles. The Morgan fingerprint density at radius 1 is 1.04 bits per heavy atom. The van der Waals surface area contributed by atoms with Crippen LogP contribution in [-0.4, -0.2) is 35.0 Å². The molecule has 1 amide bonds. The molecule has 0 spiro atoms. The number of nitrogens with zero attached hydrogens (tertiary/aromatic N) is 1. The highest BCUT2D eigenvalue weighted by Crippen LogP contribution is 2.37. The first kappa shape index (κ1) is 22.5. The van der Waals surface area contributed by atoms with E-state index in [9.17, 15) is 4.79 Å². The molecule has 1 saturated carbocycles. The molecule has 4 rings (SSSR count). The standard InChI is InChI=1S/C21H31N3O.2ClH/c22-20-8-4-7-16(20)11-21(25)23-17-12-18-9-10-19(13-17)24(18)14-15-5-2-1-3-6-15;;/h1-3,5-6,16-20H,4,7-14,22H2,(H,23,25);2*1H/t16-,17?,18?,19?,20+;;/m0../s1. The van der Waals surface area contributed by atoms with Crippen LogP contribution in [0.25, 0.3) is 0 Å². The molecule has 3 N–H and O–H groups in total. The van der Waals surface area contributed by atoms with Gasteiger partial charge in [0.25, 0.3) is 0 Å². The van der Waals surface area contributed by atoms with E-state index in [1.165, 1.54) is 24.8 Å². The molecular weight excluding hydrogens is 381 g/mol. The summed E-state index contributed by atoms with van der Waals surface area (Å²) in [7, 11) is 0. The molecule has 6 heteroatoms. The maximum atomic E-state index is 12.4. The van der Waals surface area contributed by atoms with Crippen LogP contribution < -0.4 is 11.1 Å². The zero-order valence-corrected chi connectivity index (χ0v) is 17.5. The highest BCUT2D eigenvalue weighted by molar-refractivity contribution is 5.85. The van der Waals surface area contributed by atoms with Gasteiger partial charge in [0.15, 0.2) is 0 Å². The zero-order valence-electron chi connectivity index (χ0n) is 15.9. The van der Waals surface area contributed by atoms with E-state index >= 15 is 0 Å². The van der Waals surface area contributed by atoms with Crippen LogP contribution in [0.15, 0.2) is 30.3 Å². The Bertz CT molecular complexity index is 586. The molecule has 2 aliphatic heterocycles. The molecule has 1 aliphatic carbocycles. The Kier molecular flexibility index (Phi) is 8.41. The molecule has 27 heavy (non-hydrogen) atoms. The van der Waals surface area contributed by atoms with Crippen molar-refractivity contribution in [1.29, 1.82) is 0 Å². The van der Waals surface area contributed by atoms with Gasteiger partial charge in [0, 0.05) is 37.1 Å². The maximum absolute atomic E-state index is 12.4. The lowest BCUT2D eigenvalue weighted by Gasteiger charge is -2.39. The van der Waals surface area contributed by atoms with Gasteiger partial charge >= 0.3 is 0 Å². The quantitative estimate of drug-likeness (QED) is 0.773. The van der Waals surface area contributed by atoms with Gasteiger partial charge < -0.3 is 11.1 Å². The van der Waals surface area contributed by atoms with Crippen molar-refractivity contribution in [3.8, 4) is 0 Å².